The lowest BCUT2D eigenvalue weighted by Gasteiger charge is -2.18. The number of rotatable bonds is 8. The predicted molar refractivity (Wildman–Crippen MR) is 122 cm³/mol. The molecule has 4 rings (SSSR count). The summed E-state index contributed by atoms with van der Waals surface area (Å²) in [5.41, 5.74) is 3.96. The van der Waals surface area contributed by atoms with E-state index in [1.54, 1.807) is 17.1 Å². The van der Waals surface area contributed by atoms with Crippen LogP contribution >= 0.6 is 0 Å². The molecular weight excluding hydrogens is 384 g/mol. The third-order valence-electron chi connectivity index (χ3n) is 5.44. The standard InChI is InChI=1S/C26H26N4O/c1-2-24-23(19-29-30(24)25-15-9-10-17-27-25)26(31)28-18-16-22(20-11-5-3-6-12-20)21-13-7-4-8-14-21/h3-15,17,19,22H,2,16,18H2,1H3,(H,28,31). The Bertz CT molecular complexity index is 1070. The van der Waals surface area contributed by atoms with Gasteiger partial charge in [-0.2, -0.15) is 5.10 Å². The van der Waals surface area contributed by atoms with Gasteiger partial charge in [-0.15, -0.1) is 0 Å². The number of nitrogens with one attached hydrogen (secondary N) is 1. The molecule has 0 aliphatic carbocycles. The molecule has 0 saturated carbocycles. The topological polar surface area (TPSA) is 59.8 Å². The monoisotopic (exact) mass is 410 g/mol. The molecule has 0 unspecified atom stereocenters. The minimum Gasteiger partial charge on any atom is -0.352 e. The number of hydrogen-bond donors (Lipinski definition) is 1. The van der Waals surface area contributed by atoms with Gasteiger partial charge < -0.3 is 5.32 Å². The van der Waals surface area contributed by atoms with Gasteiger partial charge in [-0.25, -0.2) is 9.67 Å². The third-order valence-corrected chi connectivity index (χ3v) is 5.44. The Kier molecular flexibility index (Phi) is 6.53. The smallest absolute Gasteiger partial charge is 0.254 e. The molecule has 0 spiro atoms. The van der Waals surface area contributed by atoms with Crippen molar-refractivity contribution < 1.29 is 4.79 Å². The van der Waals surface area contributed by atoms with E-state index >= 15 is 0 Å². The van der Waals surface area contributed by atoms with Crippen molar-refractivity contribution in [2.24, 2.45) is 0 Å². The van der Waals surface area contributed by atoms with Crippen LogP contribution < -0.4 is 5.32 Å². The van der Waals surface area contributed by atoms with Gasteiger partial charge in [-0.1, -0.05) is 73.7 Å². The molecule has 0 fully saturated rings. The first-order chi connectivity index (χ1) is 15.3. The van der Waals surface area contributed by atoms with E-state index in [4.69, 9.17) is 0 Å². The molecule has 0 radical (unpaired) electrons. The van der Waals surface area contributed by atoms with Crippen LogP contribution in [0.1, 0.15) is 46.4 Å². The van der Waals surface area contributed by atoms with E-state index in [1.165, 1.54) is 11.1 Å². The number of hydrogen-bond acceptors (Lipinski definition) is 3. The van der Waals surface area contributed by atoms with E-state index in [0.717, 1.165) is 12.1 Å². The van der Waals surface area contributed by atoms with Gasteiger partial charge in [0.2, 0.25) is 0 Å². The van der Waals surface area contributed by atoms with Crippen LogP contribution in [0.25, 0.3) is 5.82 Å². The van der Waals surface area contributed by atoms with Crippen molar-refractivity contribution in [1.29, 1.82) is 0 Å². The van der Waals surface area contributed by atoms with Crippen LogP contribution in [0.5, 0.6) is 0 Å². The third kappa shape index (κ3) is 4.72. The first kappa shape index (κ1) is 20.5. The fourth-order valence-corrected chi connectivity index (χ4v) is 3.90. The van der Waals surface area contributed by atoms with Crippen molar-refractivity contribution >= 4 is 5.91 Å². The van der Waals surface area contributed by atoms with Crippen LogP contribution in [-0.2, 0) is 6.42 Å². The molecule has 0 atom stereocenters. The number of benzene rings is 2. The van der Waals surface area contributed by atoms with Crippen molar-refractivity contribution in [2.45, 2.75) is 25.7 Å². The van der Waals surface area contributed by atoms with Gasteiger partial charge in [0, 0.05) is 18.7 Å². The first-order valence-electron chi connectivity index (χ1n) is 10.6. The van der Waals surface area contributed by atoms with Crippen molar-refractivity contribution in [3.8, 4) is 5.82 Å². The van der Waals surface area contributed by atoms with Gasteiger partial charge in [0.05, 0.1) is 17.5 Å². The summed E-state index contributed by atoms with van der Waals surface area (Å²) in [7, 11) is 0. The summed E-state index contributed by atoms with van der Waals surface area (Å²) in [5.74, 6) is 0.843. The zero-order chi connectivity index (χ0) is 21.5. The number of amides is 1. The highest BCUT2D eigenvalue weighted by Gasteiger charge is 2.19. The average molecular weight is 411 g/mol. The van der Waals surface area contributed by atoms with Crippen LogP contribution in [0.2, 0.25) is 0 Å². The minimum absolute atomic E-state index is 0.0982. The Hall–Kier alpha value is -3.73. The van der Waals surface area contributed by atoms with Crippen LogP contribution in [0, 0.1) is 0 Å². The lowest BCUT2D eigenvalue weighted by molar-refractivity contribution is 0.0952. The summed E-state index contributed by atoms with van der Waals surface area (Å²) in [6.45, 7) is 2.60. The molecule has 0 aliphatic heterocycles. The molecule has 0 bridgehead atoms. The van der Waals surface area contributed by atoms with E-state index < -0.39 is 0 Å². The molecule has 5 heteroatoms. The van der Waals surface area contributed by atoms with Crippen molar-refractivity contribution in [3.63, 3.8) is 0 Å². The fraction of sp³-hybridized carbons (Fsp3) is 0.192. The van der Waals surface area contributed by atoms with E-state index in [-0.39, 0.29) is 11.8 Å². The van der Waals surface area contributed by atoms with Gasteiger partial charge in [-0.05, 0) is 36.1 Å². The average Bonchev–Trinajstić information content (AvgIpc) is 3.28. The molecule has 156 valence electrons. The molecule has 4 aromatic rings. The van der Waals surface area contributed by atoms with E-state index in [9.17, 15) is 4.79 Å². The maximum Gasteiger partial charge on any atom is 0.254 e. The molecule has 0 aliphatic rings. The van der Waals surface area contributed by atoms with Crippen molar-refractivity contribution in [2.75, 3.05) is 6.54 Å². The summed E-state index contributed by atoms with van der Waals surface area (Å²) in [5, 5.41) is 7.51. The first-order valence-corrected chi connectivity index (χ1v) is 10.6. The van der Waals surface area contributed by atoms with Crippen LogP contribution in [0.3, 0.4) is 0 Å². The quantitative estimate of drug-likeness (QED) is 0.455. The largest absolute Gasteiger partial charge is 0.352 e. The number of carbonyl (C=O) groups is 1. The van der Waals surface area contributed by atoms with Gasteiger partial charge >= 0.3 is 0 Å². The van der Waals surface area contributed by atoms with Crippen molar-refractivity contribution in [1.82, 2.24) is 20.1 Å². The Morgan fingerprint density at radius 2 is 1.58 bits per heavy atom. The van der Waals surface area contributed by atoms with E-state index in [1.807, 2.05) is 37.3 Å². The molecule has 2 aromatic heterocycles. The SMILES string of the molecule is CCc1c(C(=O)NCCC(c2ccccc2)c2ccccc2)cnn1-c1ccccn1. The normalized spacial score (nSPS) is 10.9. The minimum atomic E-state index is -0.0982. The lowest BCUT2D eigenvalue weighted by atomic mass is 9.88. The van der Waals surface area contributed by atoms with Crippen LogP contribution in [-0.4, -0.2) is 27.2 Å². The molecule has 1 amide bonds. The number of pyridine rings is 1. The number of aromatic nitrogens is 3. The fourth-order valence-electron chi connectivity index (χ4n) is 3.90. The Morgan fingerprint density at radius 1 is 0.935 bits per heavy atom. The summed E-state index contributed by atoms with van der Waals surface area (Å²) >= 11 is 0. The molecule has 31 heavy (non-hydrogen) atoms. The predicted octanol–water partition coefficient (Wildman–Crippen LogP) is 4.78. The van der Waals surface area contributed by atoms with E-state index in [2.05, 4.69) is 63.9 Å². The molecule has 1 N–H and O–H groups in total. The molecule has 5 nitrogen and oxygen atoms in total. The summed E-state index contributed by atoms with van der Waals surface area (Å²) in [4.78, 5) is 17.3. The van der Waals surface area contributed by atoms with E-state index in [0.29, 0.717) is 24.3 Å². The van der Waals surface area contributed by atoms with Gasteiger partial charge in [0.25, 0.3) is 5.91 Å². The van der Waals surface area contributed by atoms with Crippen LogP contribution in [0.15, 0.2) is 91.3 Å². The summed E-state index contributed by atoms with van der Waals surface area (Å²) in [6, 6.07) is 26.5. The zero-order valence-corrected chi connectivity index (χ0v) is 17.6. The highest BCUT2D eigenvalue weighted by atomic mass is 16.1. The summed E-state index contributed by atoms with van der Waals surface area (Å²) in [6.07, 6.45) is 4.86. The number of carbonyl (C=O) groups excluding carboxylic acids is 1. The molecule has 0 saturated heterocycles. The highest BCUT2D eigenvalue weighted by Crippen LogP contribution is 2.27. The number of nitrogens with zero attached hydrogens (tertiary/aromatic N) is 3. The van der Waals surface area contributed by atoms with Gasteiger partial charge in [0.15, 0.2) is 5.82 Å². The maximum absolute atomic E-state index is 12.9. The lowest BCUT2D eigenvalue weighted by Crippen LogP contribution is -2.26. The van der Waals surface area contributed by atoms with Crippen molar-refractivity contribution in [3.05, 3.63) is 114 Å². The summed E-state index contributed by atoms with van der Waals surface area (Å²) < 4.78 is 1.74. The molecule has 2 heterocycles. The second-order valence-corrected chi connectivity index (χ2v) is 7.38. The maximum atomic E-state index is 12.9. The second-order valence-electron chi connectivity index (χ2n) is 7.38. The van der Waals surface area contributed by atoms with Gasteiger partial charge in [-0.3, -0.25) is 4.79 Å². The van der Waals surface area contributed by atoms with Gasteiger partial charge in [0.1, 0.15) is 0 Å². The Labute approximate surface area is 182 Å². The molecular formula is C26H26N4O. The zero-order valence-electron chi connectivity index (χ0n) is 17.6. The Balaban J connectivity index is 1.48. The molecule has 2 aromatic carbocycles. The highest BCUT2D eigenvalue weighted by molar-refractivity contribution is 5.95. The van der Waals surface area contributed by atoms with Crippen LogP contribution in [0.4, 0.5) is 0 Å². The Morgan fingerprint density at radius 3 is 2.16 bits per heavy atom. The second kappa shape index (κ2) is 9.85.